The van der Waals surface area contributed by atoms with Crippen molar-refractivity contribution in [2.75, 3.05) is 23.7 Å². The number of hydrogen-bond acceptors (Lipinski definition) is 4. The van der Waals surface area contributed by atoms with Crippen molar-refractivity contribution in [2.45, 2.75) is 30.8 Å². The number of nitrogens with zero attached hydrogens (tertiary/aromatic N) is 1. The fourth-order valence-electron chi connectivity index (χ4n) is 2.36. The van der Waals surface area contributed by atoms with E-state index in [4.69, 9.17) is 4.74 Å². The van der Waals surface area contributed by atoms with Gasteiger partial charge < -0.3 is 10.1 Å². The van der Waals surface area contributed by atoms with Gasteiger partial charge in [0.05, 0.1) is 18.8 Å². The topological polar surface area (TPSA) is 58.6 Å². The van der Waals surface area contributed by atoms with E-state index in [1.807, 2.05) is 0 Å². The molecule has 0 aromatic heterocycles. The third-order valence-corrected chi connectivity index (χ3v) is 5.13. The summed E-state index contributed by atoms with van der Waals surface area (Å²) in [5.74, 6) is 1.18. The van der Waals surface area contributed by atoms with Crippen LogP contribution in [-0.2, 0) is 9.53 Å². The summed E-state index contributed by atoms with van der Waals surface area (Å²) < 4.78 is 19.4. The van der Waals surface area contributed by atoms with Crippen molar-refractivity contribution in [3.05, 3.63) is 24.0 Å². The molecule has 5 nitrogen and oxygen atoms in total. The lowest BCUT2D eigenvalue weighted by Gasteiger charge is -2.14. The highest BCUT2D eigenvalue weighted by molar-refractivity contribution is 7.99. The first-order valence-corrected chi connectivity index (χ1v) is 8.66. The van der Waals surface area contributed by atoms with Gasteiger partial charge in [-0.25, -0.2) is 9.18 Å². The molecule has 124 valence electrons. The third-order valence-electron chi connectivity index (χ3n) is 3.85. The van der Waals surface area contributed by atoms with E-state index in [1.165, 1.54) is 42.5 Å². The molecular weight excluding hydrogens is 319 g/mol. The SMILES string of the molecule is CC(=O)NC[C@H]1CN(c2ccc(SCC3CC3)c(F)c2)C(=O)O1. The molecule has 23 heavy (non-hydrogen) atoms. The monoisotopic (exact) mass is 338 g/mol. The van der Waals surface area contributed by atoms with Crippen molar-refractivity contribution in [1.29, 1.82) is 0 Å². The molecule has 1 aliphatic heterocycles. The van der Waals surface area contributed by atoms with E-state index < -0.39 is 12.2 Å². The molecule has 1 N–H and O–H groups in total. The van der Waals surface area contributed by atoms with Gasteiger partial charge in [-0.3, -0.25) is 9.69 Å². The second-order valence-corrected chi connectivity index (χ2v) is 6.98. The zero-order valence-corrected chi connectivity index (χ0v) is 13.7. The Hall–Kier alpha value is -1.76. The predicted octanol–water partition coefficient (Wildman–Crippen LogP) is 2.79. The Bertz CT molecular complexity index is 621. The lowest BCUT2D eigenvalue weighted by molar-refractivity contribution is -0.119. The first-order valence-electron chi connectivity index (χ1n) is 7.68. The normalized spacial score (nSPS) is 20.5. The van der Waals surface area contributed by atoms with Gasteiger partial charge in [0.1, 0.15) is 11.9 Å². The van der Waals surface area contributed by atoms with E-state index in [-0.39, 0.29) is 18.3 Å². The molecule has 2 amide bonds. The number of carbonyl (C=O) groups excluding carboxylic acids is 2. The average Bonchev–Trinajstić information content (AvgIpc) is 3.26. The van der Waals surface area contributed by atoms with Crippen molar-refractivity contribution in [2.24, 2.45) is 5.92 Å². The maximum absolute atomic E-state index is 14.2. The summed E-state index contributed by atoms with van der Waals surface area (Å²) in [6.07, 6.45) is 1.54. The number of ether oxygens (including phenoxy) is 1. The van der Waals surface area contributed by atoms with E-state index in [9.17, 15) is 14.0 Å². The summed E-state index contributed by atoms with van der Waals surface area (Å²) in [4.78, 5) is 24.8. The number of thioether (sulfide) groups is 1. The van der Waals surface area contributed by atoms with Crippen LogP contribution in [0.25, 0.3) is 0 Å². The molecule has 7 heteroatoms. The molecule has 0 spiro atoms. The van der Waals surface area contributed by atoms with Gasteiger partial charge in [0.25, 0.3) is 0 Å². The number of anilines is 1. The van der Waals surface area contributed by atoms with Crippen LogP contribution < -0.4 is 10.2 Å². The number of benzene rings is 1. The summed E-state index contributed by atoms with van der Waals surface area (Å²) in [5, 5.41) is 2.61. The van der Waals surface area contributed by atoms with Crippen LogP contribution >= 0.6 is 11.8 Å². The molecule has 1 aromatic rings. The van der Waals surface area contributed by atoms with Crippen molar-refractivity contribution in [3.63, 3.8) is 0 Å². The Labute approximate surface area is 138 Å². The van der Waals surface area contributed by atoms with Gasteiger partial charge >= 0.3 is 6.09 Å². The van der Waals surface area contributed by atoms with Crippen molar-refractivity contribution < 1.29 is 18.7 Å². The van der Waals surface area contributed by atoms with Gasteiger partial charge in [-0.15, -0.1) is 11.8 Å². The highest BCUT2D eigenvalue weighted by Crippen LogP contribution is 2.36. The van der Waals surface area contributed by atoms with Crippen molar-refractivity contribution >= 4 is 29.4 Å². The molecule has 2 fully saturated rings. The van der Waals surface area contributed by atoms with Crippen LogP contribution in [0.3, 0.4) is 0 Å². The Morgan fingerprint density at radius 1 is 1.48 bits per heavy atom. The summed E-state index contributed by atoms with van der Waals surface area (Å²) >= 11 is 1.52. The van der Waals surface area contributed by atoms with Crippen LogP contribution in [-0.4, -0.2) is 36.9 Å². The first-order chi connectivity index (χ1) is 11.0. The standard InChI is InChI=1S/C16H19FN2O3S/c1-10(20)18-7-13-8-19(16(21)22-13)12-4-5-15(14(17)6-12)23-9-11-2-3-11/h4-6,11,13H,2-3,7-9H2,1H3,(H,18,20)/t13-/m0/s1. The van der Waals surface area contributed by atoms with Crippen LogP contribution in [0.2, 0.25) is 0 Å². The lowest BCUT2D eigenvalue weighted by Crippen LogP contribution is -2.33. The van der Waals surface area contributed by atoms with Crippen LogP contribution in [0.1, 0.15) is 19.8 Å². The molecule has 1 heterocycles. The molecule has 1 saturated carbocycles. The quantitative estimate of drug-likeness (QED) is 0.811. The molecule has 1 aromatic carbocycles. The number of carbonyl (C=O) groups is 2. The van der Waals surface area contributed by atoms with Gasteiger partial charge in [-0.1, -0.05) is 0 Å². The number of rotatable bonds is 6. The van der Waals surface area contributed by atoms with Gasteiger partial charge in [0.2, 0.25) is 5.91 Å². The summed E-state index contributed by atoms with van der Waals surface area (Å²) in [6, 6.07) is 4.82. The van der Waals surface area contributed by atoms with Gasteiger partial charge in [-0.2, -0.15) is 0 Å². The van der Waals surface area contributed by atoms with Gasteiger partial charge in [-0.05, 0) is 37.0 Å². The summed E-state index contributed by atoms with van der Waals surface area (Å²) in [7, 11) is 0. The molecule has 3 rings (SSSR count). The number of hydrogen-bond donors (Lipinski definition) is 1. The Morgan fingerprint density at radius 3 is 2.91 bits per heavy atom. The smallest absolute Gasteiger partial charge is 0.414 e. The summed E-state index contributed by atoms with van der Waals surface area (Å²) in [5.41, 5.74) is 0.480. The minimum atomic E-state index is -0.516. The number of cyclic esters (lactones) is 1. The second-order valence-electron chi connectivity index (χ2n) is 5.92. The van der Waals surface area contributed by atoms with Gasteiger partial charge in [0, 0.05) is 17.6 Å². The van der Waals surface area contributed by atoms with Gasteiger partial charge in [0.15, 0.2) is 0 Å². The highest BCUT2D eigenvalue weighted by atomic mass is 32.2. The summed E-state index contributed by atoms with van der Waals surface area (Å²) in [6.45, 7) is 1.96. The molecule has 0 unspecified atom stereocenters. The Balaban J connectivity index is 1.62. The first kappa shape index (κ1) is 16.1. The molecule has 1 aliphatic carbocycles. The third kappa shape index (κ3) is 4.16. The zero-order valence-electron chi connectivity index (χ0n) is 12.9. The fraction of sp³-hybridized carbons (Fsp3) is 0.500. The molecule has 2 aliphatic rings. The lowest BCUT2D eigenvalue weighted by atomic mass is 10.2. The average molecular weight is 338 g/mol. The predicted molar refractivity (Wildman–Crippen MR) is 86.1 cm³/mol. The maximum Gasteiger partial charge on any atom is 0.414 e. The maximum atomic E-state index is 14.2. The fourth-order valence-corrected chi connectivity index (χ4v) is 3.47. The molecule has 1 saturated heterocycles. The zero-order chi connectivity index (χ0) is 16.4. The number of amides is 2. The number of halogens is 1. The van der Waals surface area contributed by atoms with E-state index in [2.05, 4.69) is 5.32 Å². The second kappa shape index (κ2) is 6.78. The number of nitrogens with one attached hydrogen (secondary N) is 1. The van der Waals surface area contributed by atoms with E-state index >= 15 is 0 Å². The molecule has 1 atom stereocenters. The van der Waals surface area contributed by atoms with Crippen molar-refractivity contribution in [3.8, 4) is 0 Å². The van der Waals surface area contributed by atoms with Crippen LogP contribution in [0, 0.1) is 11.7 Å². The Kier molecular flexibility index (Phi) is 4.75. The van der Waals surface area contributed by atoms with E-state index in [0.717, 1.165) is 11.7 Å². The van der Waals surface area contributed by atoms with Crippen molar-refractivity contribution in [1.82, 2.24) is 5.32 Å². The Morgan fingerprint density at radius 2 is 2.26 bits per heavy atom. The minimum Gasteiger partial charge on any atom is -0.442 e. The molecular formula is C16H19FN2O3S. The largest absolute Gasteiger partial charge is 0.442 e. The van der Waals surface area contributed by atoms with Crippen LogP contribution in [0.4, 0.5) is 14.9 Å². The van der Waals surface area contributed by atoms with Crippen LogP contribution in [0.5, 0.6) is 0 Å². The van der Waals surface area contributed by atoms with E-state index in [0.29, 0.717) is 17.1 Å². The highest BCUT2D eigenvalue weighted by Gasteiger charge is 2.32. The van der Waals surface area contributed by atoms with Crippen LogP contribution in [0.15, 0.2) is 23.1 Å². The van der Waals surface area contributed by atoms with E-state index in [1.54, 1.807) is 12.1 Å². The molecule has 0 radical (unpaired) electrons. The minimum absolute atomic E-state index is 0.178. The molecule has 0 bridgehead atoms.